The average molecular weight is 274 g/mol. The smallest absolute Gasteiger partial charge is 0.274 e. The van der Waals surface area contributed by atoms with Crippen LogP contribution >= 0.6 is 0 Å². The zero-order valence-electron chi connectivity index (χ0n) is 12.0. The minimum atomic E-state index is 0.0361. The number of amides is 1. The number of nitrogens with zero attached hydrogens (tertiary/aromatic N) is 3. The van der Waals surface area contributed by atoms with Gasteiger partial charge in [-0.3, -0.25) is 4.79 Å². The van der Waals surface area contributed by atoms with Gasteiger partial charge in [0.2, 0.25) is 0 Å². The number of anilines is 1. The second-order valence-electron chi connectivity index (χ2n) is 5.87. The lowest BCUT2D eigenvalue weighted by molar-refractivity contribution is 0.0774. The molecule has 0 bridgehead atoms. The van der Waals surface area contributed by atoms with Crippen molar-refractivity contribution >= 4 is 11.7 Å². The first-order valence-corrected chi connectivity index (χ1v) is 7.63. The molecule has 0 radical (unpaired) electrons. The van der Waals surface area contributed by atoms with Crippen molar-refractivity contribution in [2.24, 2.45) is 11.8 Å². The van der Waals surface area contributed by atoms with Gasteiger partial charge in [0, 0.05) is 19.6 Å². The summed E-state index contributed by atoms with van der Waals surface area (Å²) in [7, 11) is 0. The largest absolute Gasteiger partial charge is 0.369 e. The van der Waals surface area contributed by atoms with E-state index in [0.29, 0.717) is 5.69 Å². The van der Waals surface area contributed by atoms with Gasteiger partial charge >= 0.3 is 0 Å². The molecule has 1 aliphatic carbocycles. The molecule has 1 aromatic rings. The maximum Gasteiger partial charge on any atom is 0.274 e. The number of hydrogen-bond donors (Lipinski definition) is 1. The summed E-state index contributed by atoms with van der Waals surface area (Å²) in [5.74, 6) is 2.21. The predicted octanol–water partition coefficient (Wildman–Crippen LogP) is 2.17. The Bertz CT molecular complexity index is 461. The molecule has 1 saturated carbocycles. The highest BCUT2D eigenvalue weighted by Gasteiger charge is 2.38. The van der Waals surface area contributed by atoms with Gasteiger partial charge in [0.25, 0.3) is 5.91 Å². The summed E-state index contributed by atoms with van der Waals surface area (Å²) in [6, 6.07) is 0. The number of nitrogens with one attached hydrogen (secondary N) is 1. The Kier molecular flexibility index (Phi) is 3.85. The van der Waals surface area contributed by atoms with Crippen molar-refractivity contribution in [3.8, 4) is 0 Å². The molecule has 5 heteroatoms. The van der Waals surface area contributed by atoms with E-state index in [1.807, 2.05) is 4.90 Å². The Hall–Kier alpha value is -1.65. The Morgan fingerprint density at radius 3 is 2.65 bits per heavy atom. The summed E-state index contributed by atoms with van der Waals surface area (Å²) in [5.41, 5.74) is 0.465. The van der Waals surface area contributed by atoms with E-state index in [9.17, 15) is 4.79 Å². The Balaban J connectivity index is 1.62. The summed E-state index contributed by atoms with van der Waals surface area (Å²) < 4.78 is 0. The van der Waals surface area contributed by atoms with Crippen molar-refractivity contribution in [2.75, 3.05) is 25.0 Å². The minimum Gasteiger partial charge on any atom is -0.369 e. The molecule has 2 fully saturated rings. The summed E-state index contributed by atoms with van der Waals surface area (Å²) in [6.07, 6.45) is 8.17. The van der Waals surface area contributed by atoms with Crippen molar-refractivity contribution in [1.82, 2.24) is 14.9 Å². The predicted molar refractivity (Wildman–Crippen MR) is 77.5 cm³/mol. The first-order valence-electron chi connectivity index (χ1n) is 7.63. The summed E-state index contributed by atoms with van der Waals surface area (Å²) in [4.78, 5) is 22.9. The molecular weight excluding hydrogens is 252 g/mol. The second-order valence-corrected chi connectivity index (χ2v) is 5.87. The van der Waals surface area contributed by atoms with Crippen LogP contribution in [-0.4, -0.2) is 40.4 Å². The van der Waals surface area contributed by atoms with Crippen molar-refractivity contribution < 1.29 is 4.79 Å². The summed E-state index contributed by atoms with van der Waals surface area (Å²) in [5, 5.41) is 3.16. The third-order valence-electron chi connectivity index (χ3n) is 4.44. The van der Waals surface area contributed by atoms with Crippen LogP contribution in [0, 0.1) is 11.8 Å². The van der Waals surface area contributed by atoms with E-state index in [2.05, 4.69) is 22.2 Å². The minimum absolute atomic E-state index is 0.0361. The van der Waals surface area contributed by atoms with Crippen LogP contribution in [0.3, 0.4) is 0 Å². The number of aromatic nitrogens is 2. The second kappa shape index (κ2) is 5.77. The molecule has 3 rings (SSSR count). The highest BCUT2D eigenvalue weighted by atomic mass is 16.2. The molecule has 20 heavy (non-hydrogen) atoms. The molecule has 5 nitrogen and oxygen atoms in total. The number of hydrogen-bond acceptors (Lipinski definition) is 4. The molecule has 0 spiro atoms. The number of carbonyl (C=O) groups is 1. The van der Waals surface area contributed by atoms with Crippen molar-refractivity contribution in [3.05, 3.63) is 18.1 Å². The molecular formula is C15H22N4O. The Labute approximate surface area is 119 Å². The van der Waals surface area contributed by atoms with Gasteiger partial charge in [0.15, 0.2) is 0 Å². The maximum absolute atomic E-state index is 12.4. The molecule has 2 unspecified atom stereocenters. The Morgan fingerprint density at radius 1 is 1.30 bits per heavy atom. The van der Waals surface area contributed by atoms with E-state index >= 15 is 0 Å². The molecule has 2 atom stereocenters. The highest BCUT2D eigenvalue weighted by molar-refractivity contribution is 5.92. The lowest BCUT2D eigenvalue weighted by atomic mass is 10.0. The van der Waals surface area contributed by atoms with Gasteiger partial charge in [-0.1, -0.05) is 13.3 Å². The summed E-state index contributed by atoms with van der Waals surface area (Å²) in [6.45, 7) is 4.78. The fourth-order valence-corrected chi connectivity index (χ4v) is 3.35. The molecule has 108 valence electrons. The van der Waals surface area contributed by atoms with Crippen LogP contribution in [0.25, 0.3) is 0 Å². The zero-order valence-corrected chi connectivity index (χ0v) is 12.0. The SMILES string of the molecule is CCCNc1cnc(C(=O)N2CC3CCCC3C2)cn1. The summed E-state index contributed by atoms with van der Waals surface area (Å²) >= 11 is 0. The fraction of sp³-hybridized carbons (Fsp3) is 0.667. The zero-order chi connectivity index (χ0) is 13.9. The van der Waals surface area contributed by atoms with E-state index in [4.69, 9.17) is 0 Å². The first-order chi connectivity index (χ1) is 9.78. The number of carbonyl (C=O) groups excluding carboxylic acids is 1. The monoisotopic (exact) mass is 274 g/mol. The van der Waals surface area contributed by atoms with Crippen LogP contribution in [-0.2, 0) is 0 Å². The van der Waals surface area contributed by atoms with E-state index in [-0.39, 0.29) is 5.91 Å². The van der Waals surface area contributed by atoms with E-state index in [0.717, 1.165) is 43.7 Å². The molecule has 1 amide bonds. The standard InChI is InChI=1S/C15H22N4O/c1-2-6-16-14-8-17-13(7-18-14)15(20)19-9-11-4-3-5-12(11)10-19/h7-8,11-12H,2-6,9-10H2,1H3,(H,16,18). The van der Waals surface area contributed by atoms with Crippen LogP contribution < -0.4 is 5.32 Å². The van der Waals surface area contributed by atoms with Gasteiger partial charge < -0.3 is 10.2 Å². The average Bonchev–Trinajstić information content (AvgIpc) is 3.06. The van der Waals surface area contributed by atoms with Crippen LogP contribution in [0.15, 0.2) is 12.4 Å². The van der Waals surface area contributed by atoms with Gasteiger partial charge in [0.05, 0.1) is 12.4 Å². The van der Waals surface area contributed by atoms with Gasteiger partial charge in [0.1, 0.15) is 11.5 Å². The van der Waals surface area contributed by atoms with E-state index < -0.39 is 0 Å². The van der Waals surface area contributed by atoms with Crippen LogP contribution in [0.4, 0.5) is 5.82 Å². The molecule has 0 aromatic carbocycles. The van der Waals surface area contributed by atoms with Gasteiger partial charge in [-0.15, -0.1) is 0 Å². The van der Waals surface area contributed by atoms with E-state index in [1.54, 1.807) is 12.4 Å². The van der Waals surface area contributed by atoms with Gasteiger partial charge in [-0.2, -0.15) is 0 Å². The molecule has 1 saturated heterocycles. The number of fused-ring (bicyclic) bond motifs is 1. The van der Waals surface area contributed by atoms with Gasteiger partial charge in [-0.25, -0.2) is 9.97 Å². The molecule has 1 aromatic heterocycles. The Morgan fingerprint density at radius 2 is 2.05 bits per heavy atom. The van der Waals surface area contributed by atoms with Crippen molar-refractivity contribution in [1.29, 1.82) is 0 Å². The van der Waals surface area contributed by atoms with Crippen molar-refractivity contribution in [3.63, 3.8) is 0 Å². The topological polar surface area (TPSA) is 58.1 Å². The molecule has 1 N–H and O–H groups in total. The third-order valence-corrected chi connectivity index (χ3v) is 4.44. The number of likely N-dealkylation sites (tertiary alicyclic amines) is 1. The van der Waals surface area contributed by atoms with Crippen LogP contribution in [0.5, 0.6) is 0 Å². The lowest BCUT2D eigenvalue weighted by Gasteiger charge is -2.16. The van der Waals surface area contributed by atoms with Crippen LogP contribution in [0.2, 0.25) is 0 Å². The van der Waals surface area contributed by atoms with E-state index in [1.165, 1.54) is 19.3 Å². The maximum atomic E-state index is 12.4. The third kappa shape index (κ3) is 2.62. The normalized spacial score (nSPS) is 24.8. The highest BCUT2D eigenvalue weighted by Crippen LogP contribution is 2.37. The van der Waals surface area contributed by atoms with Crippen LogP contribution in [0.1, 0.15) is 43.1 Å². The van der Waals surface area contributed by atoms with Gasteiger partial charge in [-0.05, 0) is 31.1 Å². The molecule has 2 heterocycles. The van der Waals surface area contributed by atoms with Crippen molar-refractivity contribution in [2.45, 2.75) is 32.6 Å². The fourth-order valence-electron chi connectivity index (χ4n) is 3.35. The molecule has 2 aliphatic rings. The molecule has 1 aliphatic heterocycles. The number of rotatable bonds is 4. The lowest BCUT2D eigenvalue weighted by Crippen LogP contribution is -2.30. The quantitative estimate of drug-likeness (QED) is 0.914. The first kappa shape index (κ1) is 13.3.